The normalized spacial score (nSPS) is 11.2. The van der Waals surface area contributed by atoms with Gasteiger partial charge in [0.15, 0.2) is 0 Å². The molecule has 1 rings (SSSR count). The molecule has 5 heteroatoms. The summed E-state index contributed by atoms with van der Waals surface area (Å²) in [5.74, 6) is -0.479. The van der Waals surface area contributed by atoms with Crippen LogP contribution < -0.4 is 5.32 Å². The highest BCUT2D eigenvalue weighted by Gasteiger charge is 2.26. The van der Waals surface area contributed by atoms with Gasteiger partial charge in [-0.05, 0) is 19.1 Å². The molecule has 0 unspecified atom stereocenters. The minimum Gasteiger partial charge on any atom is -0.352 e. The van der Waals surface area contributed by atoms with Gasteiger partial charge in [-0.15, -0.1) is 0 Å². The lowest BCUT2D eigenvalue weighted by Crippen LogP contribution is -2.27. The number of rotatable bonds is 3. The van der Waals surface area contributed by atoms with E-state index in [2.05, 4.69) is 5.32 Å². The molecule has 0 bridgehead atoms. The molecular formula is C11H12F3NO. The number of halogens is 3. The summed E-state index contributed by atoms with van der Waals surface area (Å²) in [7, 11) is 0. The predicted octanol–water partition coefficient (Wildman–Crippen LogP) is 2.68. The average Bonchev–Trinajstić information content (AvgIpc) is 2.15. The van der Waals surface area contributed by atoms with Gasteiger partial charge in [-0.1, -0.05) is 17.7 Å². The lowest BCUT2D eigenvalue weighted by Gasteiger charge is -2.08. The van der Waals surface area contributed by atoms with Crippen molar-refractivity contribution in [2.45, 2.75) is 19.5 Å². The van der Waals surface area contributed by atoms with Crippen LogP contribution in [0.2, 0.25) is 0 Å². The van der Waals surface area contributed by atoms with Gasteiger partial charge in [-0.2, -0.15) is 13.2 Å². The molecule has 16 heavy (non-hydrogen) atoms. The van der Waals surface area contributed by atoms with Crippen LogP contribution in [0.5, 0.6) is 0 Å². The molecule has 1 amide bonds. The van der Waals surface area contributed by atoms with Crippen molar-refractivity contribution in [3.8, 4) is 0 Å². The van der Waals surface area contributed by atoms with E-state index in [9.17, 15) is 18.0 Å². The van der Waals surface area contributed by atoms with E-state index < -0.39 is 25.0 Å². The van der Waals surface area contributed by atoms with Crippen molar-refractivity contribution in [2.24, 2.45) is 0 Å². The number of nitrogens with one attached hydrogen (secondary N) is 1. The first-order valence-corrected chi connectivity index (χ1v) is 4.80. The van der Waals surface area contributed by atoms with Crippen molar-refractivity contribution >= 4 is 5.91 Å². The Balaban J connectivity index is 2.47. The second-order valence-corrected chi connectivity index (χ2v) is 3.49. The Morgan fingerprint density at radius 1 is 1.38 bits per heavy atom. The Hall–Kier alpha value is -1.52. The minimum atomic E-state index is -4.24. The van der Waals surface area contributed by atoms with Crippen LogP contribution in [-0.2, 0) is 0 Å². The van der Waals surface area contributed by atoms with Crippen LogP contribution in [0.25, 0.3) is 0 Å². The zero-order valence-electron chi connectivity index (χ0n) is 8.77. The molecule has 0 aliphatic heterocycles. The summed E-state index contributed by atoms with van der Waals surface area (Å²) in [5.41, 5.74) is 1.27. The molecule has 0 aromatic heterocycles. The smallest absolute Gasteiger partial charge is 0.352 e. The summed E-state index contributed by atoms with van der Waals surface area (Å²) in [6.45, 7) is 1.42. The Kier molecular flexibility index (Phi) is 3.93. The maximum Gasteiger partial charge on any atom is 0.390 e. The fraction of sp³-hybridized carbons (Fsp3) is 0.364. The Bertz CT molecular complexity index is 374. The number of carbonyl (C=O) groups excluding carboxylic acids is 1. The number of aryl methyl sites for hydroxylation is 1. The molecule has 0 heterocycles. The number of alkyl halides is 3. The van der Waals surface area contributed by atoms with Gasteiger partial charge in [0.05, 0.1) is 6.42 Å². The van der Waals surface area contributed by atoms with E-state index in [0.29, 0.717) is 5.56 Å². The summed E-state index contributed by atoms with van der Waals surface area (Å²) >= 11 is 0. The van der Waals surface area contributed by atoms with Crippen molar-refractivity contribution in [1.82, 2.24) is 5.32 Å². The number of carbonyl (C=O) groups is 1. The SMILES string of the molecule is Cc1cccc(C(=O)NCCC(F)(F)F)c1. The van der Waals surface area contributed by atoms with Crippen LogP contribution in [0.15, 0.2) is 24.3 Å². The first-order valence-electron chi connectivity index (χ1n) is 4.80. The fourth-order valence-corrected chi connectivity index (χ4v) is 1.21. The summed E-state index contributed by atoms with van der Waals surface area (Å²) in [6, 6.07) is 6.69. The van der Waals surface area contributed by atoms with Crippen molar-refractivity contribution in [3.63, 3.8) is 0 Å². The summed E-state index contributed by atoms with van der Waals surface area (Å²) in [6.07, 6.45) is -5.25. The number of benzene rings is 1. The third-order valence-corrected chi connectivity index (χ3v) is 1.97. The van der Waals surface area contributed by atoms with E-state index in [1.54, 1.807) is 18.2 Å². The second-order valence-electron chi connectivity index (χ2n) is 3.49. The van der Waals surface area contributed by atoms with Crippen molar-refractivity contribution in [2.75, 3.05) is 6.54 Å². The molecule has 0 saturated carbocycles. The Morgan fingerprint density at radius 3 is 2.62 bits per heavy atom. The molecule has 0 atom stereocenters. The van der Waals surface area contributed by atoms with Gasteiger partial charge in [0.25, 0.3) is 5.91 Å². The number of hydrogen-bond acceptors (Lipinski definition) is 1. The quantitative estimate of drug-likeness (QED) is 0.851. The third-order valence-electron chi connectivity index (χ3n) is 1.97. The maximum absolute atomic E-state index is 11.8. The zero-order chi connectivity index (χ0) is 12.2. The van der Waals surface area contributed by atoms with E-state index in [-0.39, 0.29) is 0 Å². The van der Waals surface area contributed by atoms with Gasteiger partial charge in [0, 0.05) is 12.1 Å². The molecule has 1 aromatic carbocycles. The average molecular weight is 231 g/mol. The van der Waals surface area contributed by atoms with E-state index in [0.717, 1.165) is 5.56 Å². The largest absolute Gasteiger partial charge is 0.390 e. The Morgan fingerprint density at radius 2 is 2.06 bits per heavy atom. The lowest BCUT2D eigenvalue weighted by molar-refractivity contribution is -0.132. The van der Waals surface area contributed by atoms with Crippen LogP contribution in [0, 0.1) is 6.92 Å². The first-order chi connectivity index (χ1) is 7.38. The molecule has 2 nitrogen and oxygen atoms in total. The van der Waals surface area contributed by atoms with Gasteiger partial charge in [0.1, 0.15) is 0 Å². The highest BCUT2D eigenvalue weighted by molar-refractivity contribution is 5.94. The third kappa shape index (κ3) is 4.33. The monoisotopic (exact) mass is 231 g/mol. The van der Waals surface area contributed by atoms with Crippen LogP contribution in [0.3, 0.4) is 0 Å². The molecule has 1 N–H and O–H groups in total. The van der Waals surface area contributed by atoms with E-state index in [4.69, 9.17) is 0 Å². The van der Waals surface area contributed by atoms with Gasteiger partial charge < -0.3 is 5.32 Å². The lowest BCUT2D eigenvalue weighted by atomic mass is 10.1. The Labute approximate surface area is 91.5 Å². The van der Waals surface area contributed by atoms with Gasteiger partial charge >= 0.3 is 6.18 Å². The number of amides is 1. The highest BCUT2D eigenvalue weighted by atomic mass is 19.4. The van der Waals surface area contributed by atoms with Crippen molar-refractivity contribution < 1.29 is 18.0 Å². The predicted molar refractivity (Wildman–Crippen MR) is 54.2 cm³/mol. The van der Waals surface area contributed by atoms with E-state index in [1.807, 2.05) is 13.0 Å². The zero-order valence-corrected chi connectivity index (χ0v) is 8.77. The van der Waals surface area contributed by atoms with Crippen LogP contribution in [0.1, 0.15) is 22.3 Å². The minimum absolute atomic E-state index is 0.377. The van der Waals surface area contributed by atoms with Crippen LogP contribution >= 0.6 is 0 Å². The van der Waals surface area contributed by atoms with Crippen molar-refractivity contribution in [1.29, 1.82) is 0 Å². The highest BCUT2D eigenvalue weighted by Crippen LogP contribution is 2.18. The molecule has 1 aromatic rings. The van der Waals surface area contributed by atoms with Gasteiger partial charge in [0.2, 0.25) is 0 Å². The molecule has 0 spiro atoms. The molecule has 0 aliphatic carbocycles. The van der Waals surface area contributed by atoms with Gasteiger partial charge in [-0.3, -0.25) is 4.79 Å². The molecule has 88 valence electrons. The molecule has 0 radical (unpaired) electrons. The topological polar surface area (TPSA) is 29.1 Å². The molecular weight excluding hydrogens is 219 g/mol. The molecule has 0 saturated heterocycles. The maximum atomic E-state index is 11.8. The number of hydrogen-bond donors (Lipinski definition) is 1. The van der Waals surface area contributed by atoms with E-state index in [1.165, 1.54) is 0 Å². The fourth-order valence-electron chi connectivity index (χ4n) is 1.21. The van der Waals surface area contributed by atoms with Crippen LogP contribution in [0.4, 0.5) is 13.2 Å². The summed E-state index contributed by atoms with van der Waals surface area (Å²) < 4.78 is 35.5. The summed E-state index contributed by atoms with van der Waals surface area (Å²) in [4.78, 5) is 11.4. The molecule has 0 aliphatic rings. The van der Waals surface area contributed by atoms with E-state index >= 15 is 0 Å². The summed E-state index contributed by atoms with van der Waals surface area (Å²) in [5, 5.41) is 2.22. The molecule has 0 fully saturated rings. The van der Waals surface area contributed by atoms with Crippen molar-refractivity contribution in [3.05, 3.63) is 35.4 Å². The van der Waals surface area contributed by atoms with Gasteiger partial charge in [-0.25, -0.2) is 0 Å². The first kappa shape index (κ1) is 12.5. The van der Waals surface area contributed by atoms with Crippen LogP contribution in [-0.4, -0.2) is 18.6 Å². The standard InChI is InChI=1S/C11H12F3NO/c1-8-3-2-4-9(7-8)10(16)15-6-5-11(12,13)14/h2-4,7H,5-6H2,1H3,(H,15,16). The second kappa shape index (κ2) is 5.01.